The largest absolute Gasteiger partial charge is 0.480 e. The summed E-state index contributed by atoms with van der Waals surface area (Å²) in [5, 5.41) is 25.2. The third kappa shape index (κ3) is 12.2. The van der Waals surface area contributed by atoms with Gasteiger partial charge in [0.2, 0.25) is 23.6 Å². The van der Waals surface area contributed by atoms with Crippen molar-refractivity contribution < 1.29 is 43.7 Å². The summed E-state index contributed by atoms with van der Waals surface area (Å²) < 4.78 is 11.8. The number of likely N-dealkylation sites (tertiary alicyclic amines) is 1. The SMILES string of the molecule is CCC(C)[C@@H]([C@@H](CC(=O)N1CCC[C@H]1[C@H](OC)[C@@H](C)C(=O)N[C@@H](Cc1ccccc1)C(=O)O)OC)N(C)C(=O)[C@@H](NC(=O)[C@H](C(C)C)N(C)CO)C(C)C. The number of aliphatic carboxylic acids is 1. The van der Waals surface area contributed by atoms with Gasteiger partial charge in [0.1, 0.15) is 12.1 Å². The standard InChI is InChI=1S/C40H67N5O9/c1-12-26(6)35(44(9)39(50)33(24(2)3)42-38(49)34(25(4)5)43(8)23-46)31(53-10)22-32(47)45-20-16-19-30(45)36(54-11)27(7)37(48)41-29(40(51)52)21-28-17-14-13-15-18-28/h13-15,17-18,24-27,29-31,33-36,46H,12,16,19-23H2,1-11H3,(H,41,48)(H,42,49)(H,51,52)/t26?,27-,29+,30+,31-,33+,34+,35+,36-/m1/s1. The number of nitrogens with one attached hydrogen (secondary N) is 2. The van der Waals surface area contributed by atoms with Crippen LogP contribution in [0, 0.1) is 23.7 Å². The molecule has 54 heavy (non-hydrogen) atoms. The molecule has 9 atom stereocenters. The molecule has 1 fully saturated rings. The lowest BCUT2D eigenvalue weighted by molar-refractivity contribution is -0.148. The summed E-state index contributed by atoms with van der Waals surface area (Å²) in [7, 11) is 6.34. The van der Waals surface area contributed by atoms with Crippen molar-refractivity contribution in [3.63, 3.8) is 0 Å². The summed E-state index contributed by atoms with van der Waals surface area (Å²) in [4.78, 5) is 72.3. The summed E-state index contributed by atoms with van der Waals surface area (Å²) in [5.74, 6) is -3.72. The fraction of sp³-hybridized carbons (Fsp3) is 0.725. The van der Waals surface area contributed by atoms with Crippen molar-refractivity contribution >= 4 is 29.6 Å². The van der Waals surface area contributed by atoms with E-state index in [4.69, 9.17) is 9.47 Å². The van der Waals surface area contributed by atoms with Crippen molar-refractivity contribution in [1.82, 2.24) is 25.3 Å². The number of carbonyl (C=O) groups is 5. The molecule has 14 heteroatoms. The van der Waals surface area contributed by atoms with Gasteiger partial charge in [0.05, 0.1) is 49.4 Å². The number of methoxy groups -OCH3 is 2. The van der Waals surface area contributed by atoms with E-state index in [-0.39, 0.29) is 55.0 Å². The minimum Gasteiger partial charge on any atom is -0.480 e. The third-order valence-electron chi connectivity index (χ3n) is 11.0. The Kier molecular flexibility index (Phi) is 19.0. The molecule has 1 aliphatic rings. The summed E-state index contributed by atoms with van der Waals surface area (Å²) in [5.41, 5.74) is 0.777. The fourth-order valence-corrected chi connectivity index (χ4v) is 7.73. The van der Waals surface area contributed by atoms with Gasteiger partial charge in [-0.2, -0.15) is 0 Å². The van der Waals surface area contributed by atoms with Gasteiger partial charge in [-0.25, -0.2) is 4.79 Å². The van der Waals surface area contributed by atoms with E-state index in [1.165, 1.54) is 19.1 Å². The molecule has 1 aromatic rings. The van der Waals surface area contributed by atoms with Crippen molar-refractivity contribution in [2.75, 3.05) is 41.6 Å². The van der Waals surface area contributed by atoms with E-state index >= 15 is 0 Å². The molecule has 0 aliphatic carbocycles. The molecule has 2 rings (SSSR count). The summed E-state index contributed by atoms with van der Waals surface area (Å²) in [6.07, 6.45) is 0.677. The number of nitrogens with zero attached hydrogens (tertiary/aromatic N) is 3. The molecule has 14 nitrogen and oxygen atoms in total. The van der Waals surface area contributed by atoms with Gasteiger partial charge in [-0.05, 0) is 43.2 Å². The molecule has 1 heterocycles. The van der Waals surface area contributed by atoms with Gasteiger partial charge in [0, 0.05) is 34.2 Å². The van der Waals surface area contributed by atoms with E-state index in [2.05, 4.69) is 10.6 Å². The first-order chi connectivity index (χ1) is 25.4. The molecule has 1 unspecified atom stereocenters. The van der Waals surface area contributed by atoms with Gasteiger partial charge in [0.25, 0.3) is 0 Å². The number of aliphatic hydroxyl groups excluding tert-OH is 1. The Balaban J connectivity index is 2.28. The molecule has 0 saturated carbocycles. The van der Waals surface area contributed by atoms with Crippen LogP contribution in [0.4, 0.5) is 0 Å². The summed E-state index contributed by atoms with van der Waals surface area (Å²) >= 11 is 0. The number of carboxylic acids is 1. The average Bonchev–Trinajstić information content (AvgIpc) is 3.62. The zero-order valence-electron chi connectivity index (χ0n) is 34.3. The normalized spacial score (nSPS) is 19.1. The maximum Gasteiger partial charge on any atom is 0.326 e. The maximum atomic E-state index is 14.2. The quantitative estimate of drug-likeness (QED) is 0.129. The van der Waals surface area contributed by atoms with Gasteiger partial charge >= 0.3 is 5.97 Å². The lowest BCUT2D eigenvalue weighted by Gasteiger charge is -2.41. The van der Waals surface area contributed by atoms with Crippen molar-refractivity contribution in [3.8, 4) is 0 Å². The number of hydrogen-bond donors (Lipinski definition) is 4. The van der Waals surface area contributed by atoms with Crippen molar-refractivity contribution in [1.29, 1.82) is 0 Å². The van der Waals surface area contributed by atoms with Crippen LogP contribution >= 0.6 is 0 Å². The number of aliphatic hydroxyl groups is 1. The Labute approximate surface area is 322 Å². The number of likely N-dealkylation sites (N-methyl/N-ethyl adjacent to an activating group) is 2. The molecule has 4 N–H and O–H groups in total. The number of ether oxygens (including phenoxy) is 2. The Morgan fingerprint density at radius 3 is 2.06 bits per heavy atom. The Bertz CT molecular complexity index is 1360. The van der Waals surface area contributed by atoms with Crippen LogP contribution in [0.25, 0.3) is 0 Å². The van der Waals surface area contributed by atoms with Crippen molar-refractivity contribution in [2.45, 2.75) is 123 Å². The first-order valence-corrected chi connectivity index (χ1v) is 19.3. The van der Waals surface area contributed by atoms with Crippen LogP contribution in [-0.4, -0.2) is 139 Å². The highest BCUT2D eigenvalue weighted by Crippen LogP contribution is 2.30. The molecular weight excluding hydrogens is 694 g/mol. The number of carboxylic acid groups (broad SMARTS) is 1. The Morgan fingerprint density at radius 2 is 1.56 bits per heavy atom. The monoisotopic (exact) mass is 761 g/mol. The van der Waals surface area contributed by atoms with Crippen LogP contribution in [0.1, 0.15) is 79.7 Å². The summed E-state index contributed by atoms with van der Waals surface area (Å²) in [6.45, 7) is 13.3. The predicted octanol–water partition coefficient (Wildman–Crippen LogP) is 2.77. The Hall–Kier alpha value is -3.59. The first kappa shape index (κ1) is 46.6. The first-order valence-electron chi connectivity index (χ1n) is 19.3. The lowest BCUT2D eigenvalue weighted by atomic mass is 9.89. The second kappa shape index (κ2) is 22.1. The van der Waals surface area contributed by atoms with E-state index < -0.39 is 60.2 Å². The zero-order chi connectivity index (χ0) is 40.9. The third-order valence-corrected chi connectivity index (χ3v) is 11.0. The highest BCUT2D eigenvalue weighted by molar-refractivity contribution is 5.90. The molecule has 306 valence electrons. The molecule has 1 aromatic carbocycles. The van der Waals surface area contributed by atoms with E-state index in [9.17, 15) is 34.2 Å². The number of carbonyl (C=O) groups excluding carboxylic acids is 4. The second-order valence-corrected chi connectivity index (χ2v) is 15.5. The lowest BCUT2D eigenvalue weighted by Crippen LogP contribution is -2.60. The van der Waals surface area contributed by atoms with Crippen LogP contribution in [0.3, 0.4) is 0 Å². The van der Waals surface area contributed by atoms with E-state index in [0.717, 1.165) is 5.56 Å². The van der Waals surface area contributed by atoms with E-state index in [0.29, 0.717) is 25.8 Å². The van der Waals surface area contributed by atoms with Gasteiger partial charge in [-0.15, -0.1) is 0 Å². The van der Waals surface area contributed by atoms with E-state index in [1.807, 2.05) is 59.7 Å². The summed E-state index contributed by atoms with van der Waals surface area (Å²) in [6, 6.07) is 5.48. The number of hydrogen-bond acceptors (Lipinski definition) is 9. The molecule has 4 amide bonds. The van der Waals surface area contributed by atoms with Gasteiger partial charge < -0.3 is 40.1 Å². The average molecular weight is 762 g/mol. The van der Waals surface area contributed by atoms with Crippen LogP contribution in [-0.2, 0) is 39.9 Å². The van der Waals surface area contributed by atoms with Gasteiger partial charge in [0.15, 0.2) is 0 Å². The van der Waals surface area contributed by atoms with Crippen LogP contribution < -0.4 is 10.6 Å². The van der Waals surface area contributed by atoms with Crippen molar-refractivity contribution in [2.24, 2.45) is 23.7 Å². The number of amides is 4. The smallest absolute Gasteiger partial charge is 0.326 e. The van der Waals surface area contributed by atoms with Crippen LogP contribution in [0.15, 0.2) is 30.3 Å². The predicted molar refractivity (Wildman–Crippen MR) is 206 cm³/mol. The second-order valence-electron chi connectivity index (χ2n) is 15.5. The van der Waals surface area contributed by atoms with Crippen LogP contribution in [0.2, 0.25) is 0 Å². The molecule has 0 spiro atoms. The van der Waals surface area contributed by atoms with E-state index in [1.54, 1.807) is 43.0 Å². The molecule has 0 radical (unpaired) electrons. The number of rotatable bonds is 22. The van der Waals surface area contributed by atoms with Crippen LogP contribution in [0.5, 0.6) is 0 Å². The minimum absolute atomic E-state index is 0.0375. The Morgan fingerprint density at radius 1 is 0.926 bits per heavy atom. The zero-order valence-corrected chi connectivity index (χ0v) is 34.3. The topological polar surface area (TPSA) is 178 Å². The molecule has 1 saturated heterocycles. The highest BCUT2D eigenvalue weighted by Gasteiger charge is 2.43. The molecule has 1 aliphatic heterocycles. The molecule has 0 bridgehead atoms. The van der Waals surface area contributed by atoms with Gasteiger partial charge in [-0.3, -0.25) is 24.1 Å². The van der Waals surface area contributed by atoms with Gasteiger partial charge in [-0.1, -0.05) is 85.2 Å². The minimum atomic E-state index is -1.15. The fourth-order valence-electron chi connectivity index (χ4n) is 7.73. The van der Waals surface area contributed by atoms with Crippen molar-refractivity contribution in [3.05, 3.63) is 35.9 Å². The maximum absolute atomic E-state index is 14.2. The number of benzene rings is 1. The molecule has 0 aromatic heterocycles. The molecular formula is C40H67N5O9. The highest BCUT2D eigenvalue weighted by atomic mass is 16.5.